The van der Waals surface area contributed by atoms with E-state index in [1.165, 1.54) is 29.8 Å². The molecule has 6 heteroatoms. The monoisotopic (exact) mass is 321 g/mol. The molecule has 120 valence electrons. The van der Waals surface area contributed by atoms with Crippen molar-refractivity contribution < 1.29 is 5.11 Å². The number of nitrogens with one attached hydrogen (secondary N) is 1. The lowest BCUT2D eigenvalue weighted by Gasteiger charge is -2.06. The molecule has 0 amide bonds. The van der Waals surface area contributed by atoms with Crippen LogP contribution in [0.4, 0.5) is 5.69 Å². The van der Waals surface area contributed by atoms with Gasteiger partial charge in [0.1, 0.15) is 5.56 Å². The van der Waals surface area contributed by atoms with Gasteiger partial charge in [-0.25, -0.2) is 4.79 Å². The van der Waals surface area contributed by atoms with Crippen LogP contribution in [0.2, 0.25) is 0 Å². The molecule has 1 aliphatic rings. The zero-order valence-electron chi connectivity index (χ0n) is 13.0. The van der Waals surface area contributed by atoms with E-state index in [9.17, 15) is 14.7 Å². The molecule has 1 aliphatic carbocycles. The summed E-state index contributed by atoms with van der Waals surface area (Å²) in [6.07, 6.45) is 3.36. The highest BCUT2D eigenvalue weighted by molar-refractivity contribution is 6.00. The van der Waals surface area contributed by atoms with E-state index in [2.05, 4.69) is 22.1 Å². The summed E-state index contributed by atoms with van der Waals surface area (Å²) in [4.78, 5) is 29.9. The smallest absolute Gasteiger partial charge is 0.330 e. The number of H-pyrrole nitrogens is 1. The Balaban J connectivity index is 1.88. The van der Waals surface area contributed by atoms with E-state index in [4.69, 9.17) is 0 Å². The van der Waals surface area contributed by atoms with Crippen molar-refractivity contribution in [2.75, 3.05) is 0 Å². The fraction of sp³-hybridized carbons (Fsp3) is 0.167. The molecule has 0 saturated carbocycles. The molecule has 3 aromatic rings. The molecule has 0 unspecified atom stereocenters. The first-order valence-electron chi connectivity index (χ1n) is 7.66. The Morgan fingerprint density at radius 3 is 2.71 bits per heavy atom. The quantitative estimate of drug-likeness (QED) is 0.705. The van der Waals surface area contributed by atoms with Gasteiger partial charge in [-0.1, -0.05) is 24.3 Å². The van der Waals surface area contributed by atoms with Crippen LogP contribution in [0.5, 0.6) is 5.88 Å². The molecule has 1 aromatic heterocycles. The lowest BCUT2D eigenvalue weighted by molar-refractivity contribution is 0.417. The lowest BCUT2D eigenvalue weighted by atomic mass is 10.0. The molecular formula is C18H15N3O3. The summed E-state index contributed by atoms with van der Waals surface area (Å²) in [5, 5.41) is 12.3. The van der Waals surface area contributed by atoms with Gasteiger partial charge in [-0.05, 0) is 35.4 Å². The number of aromatic nitrogens is 2. The Morgan fingerprint density at radius 1 is 1.17 bits per heavy atom. The number of aromatic amines is 1. The van der Waals surface area contributed by atoms with Crippen molar-refractivity contribution in [3.05, 3.63) is 67.9 Å². The van der Waals surface area contributed by atoms with Gasteiger partial charge in [-0.3, -0.25) is 19.3 Å². The predicted octanol–water partition coefficient (Wildman–Crippen LogP) is 1.78. The molecule has 4 rings (SSSR count). The Kier molecular flexibility index (Phi) is 3.13. The van der Waals surface area contributed by atoms with Gasteiger partial charge in [0.2, 0.25) is 5.88 Å². The molecule has 0 bridgehead atoms. The van der Waals surface area contributed by atoms with Crippen molar-refractivity contribution in [2.45, 2.75) is 12.8 Å². The average Bonchev–Trinajstić information content (AvgIpc) is 2.99. The molecular weight excluding hydrogens is 306 g/mol. The van der Waals surface area contributed by atoms with Crippen molar-refractivity contribution >= 4 is 22.7 Å². The zero-order chi connectivity index (χ0) is 16.8. The topological polar surface area (TPSA) is 87.4 Å². The summed E-state index contributed by atoms with van der Waals surface area (Å²) in [6, 6.07) is 10.1. The van der Waals surface area contributed by atoms with Gasteiger partial charge < -0.3 is 5.11 Å². The molecule has 0 saturated heterocycles. The molecule has 2 N–H and O–H groups in total. The largest absolute Gasteiger partial charge is 0.494 e. The van der Waals surface area contributed by atoms with Gasteiger partial charge in [0.25, 0.3) is 5.56 Å². The number of aryl methyl sites for hydroxylation is 2. The number of hydrogen-bond acceptors (Lipinski definition) is 4. The minimum atomic E-state index is -0.667. The van der Waals surface area contributed by atoms with Gasteiger partial charge in [0.05, 0.1) is 5.69 Å². The minimum absolute atomic E-state index is 0.0413. The van der Waals surface area contributed by atoms with Crippen LogP contribution >= 0.6 is 0 Å². The molecule has 0 radical (unpaired) electrons. The first-order valence-corrected chi connectivity index (χ1v) is 7.66. The SMILES string of the molecule is Cn1c(O)c(C=Nc2ccc3c4c(cccc24)CC3)c(=O)[nH]c1=O. The van der Waals surface area contributed by atoms with Gasteiger partial charge in [0, 0.05) is 18.6 Å². The first-order chi connectivity index (χ1) is 11.6. The molecule has 0 aliphatic heterocycles. The molecule has 2 aromatic carbocycles. The second-order valence-electron chi connectivity index (χ2n) is 5.90. The molecule has 6 nitrogen and oxygen atoms in total. The van der Waals surface area contributed by atoms with Gasteiger partial charge >= 0.3 is 5.69 Å². The predicted molar refractivity (Wildman–Crippen MR) is 92.6 cm³/mol. The lowest BCUT2D eigenvalue weighted by Crippen LogP contribution is -2.30. The molecule has 1 heterocycles. The van der Waals surface area contributed by atoms with Crippen molar-refractivity contribution in [3.63, 3.8) is 0 Å². The van der Waals surface area contributed by atoms with E-state index in [1.807, 2.05) is 18.2 Å². The highest BCUT2D eigenvalue weighted by atomic mass is 16.3. The van der Waals surface area contributed by atoms with E-state index in [0.29, 0.717) is 0 Å². The molecule has 0 atom stereocenters. The molecule has 0 fully saturated rings. The van der Waals surface area contributed by atoms with E-state index >= 15 is 0 Å². The van der Waals surface area contributed by atoms with Crippen molar-refractivity contribution in [1.29, 1.82) is 0 Å². The van der Waals surface area contributed by atoms with E-state index in [1.54, 1.807) is 0 Å². The van der Waals surface area contributed by atoms with Gasteiger partial charge in [-0.15, -0.1) is 0 Å². The average molecular weight is 321 g/mol. The first kappa shape index (κ1) is 14.4. The number of rotatable bonds is 2. The fourth-order valence-electron chi connectivity index (χ4n) is 3.22. The van der Waals surface area contributed by atoms with Crippen LogP contribution < -0.4 is 11.2 Å². The second kappa shape index (κ2) is 5.19. The summed E-state index contributed by atoms with van der Waals surface area (Å²) >= 11 is 0. The van der Waals surface area contributed by atoms with Crippen LogP contribution in [0.3, 0.4) is 0 Å². The maximum absolute atomic E-state index is 11.9. The van der Waals surface area contributed by atoms with Crippen LogP contribution in [0.25, 0.3) is 10.8 Å². The van der Waals surface area contributed by atoms with Crippen LogP contribution in [-0.2, 0) is 19.9 Å². The maximum atomic E-state index is 11.9. The Labute approximate surface area is 136 Å². The van der Waals surface area contributed by atoms with E-state index in [-0.39, 0.29) is 5.56 Å². The van der Waals surface area contributed by atoms with Crippen LogP contribution in [0.15, 0.2) is 44.9 Å². The van der Waals surface area contributed by atoms with Crippen molar-refractivity contribution in [2.24, 2.45) is 12.0 Å². The van der Waals surface area contributed by atoms with Gasteiger partial charge in [0.15, 0.2) is 0 Å². The molecule has 24 heavy (non-hydrogen) atoms. The third-order valence-corrected chi connectivity index (χ3v) is 4.51. The number of aromatic hydroxyl groups is 1. The Bertz CT molecular complexity index is 1110. The minimum Gasteiger partial charge on any atom is -0.494 e. The molecule has 0 spiro atoms. The van der Waals surface area contributed by atoms with E-state index < -0.39 is 17.1 Å². The third-order valence-electron chi connectivity index (χ3n) is 4.51. The van der Waals surface area contributed by atoms with Crippen LogP contribution in [0.1, 0.15) is 16.7 Å². The van der Waals surface area contributed by atoms with E-state index in [0.717, 1.165) is 28.5 Å². The number of nitrogens with zero attached hydrogens (tertiary/aromatic N) is 2. The van der Waals surface area contributed by atoms with Gasteiger partial charge in [-0.2, -0.15) is 0 Å². The zero-order valence-corrected chi connectivity index (χ0v) is 13.0. The number of aliphatic imine (C=N–C) groups is 1. The number of benzene rings is 2. The summed E-state index contributed by atoms with van der Waals surface area (Å²) < 4.78 is 0.968. The maximum Gasteiger partial charge on any atom is 0.330 e. The van der Waals surface area contributed by atoms with Crippen molar-refractivity contribution in [3.8, 4) is 5.88 Å². The standard InChI is InChI=1S/C18H15N3O3/c1-21-17(23)13(16(22)20-18(21)24)9-19-14-8-7-11-6-5-10-3-2-4-12(14)15(10)11/h2-4,7-9,23H,5-6H2,1H3,(H,20,22,24). The van der Waals surface area contributed by atoms with Crippen LogP contribution in [-0.4, -0.2) is 20.9 Å². The summed E-state index contributed by atoms with van der Waals surface area (Å²) in [5.74, 6) is -0.404. The fourth-order valence-corrected chi connectivity index (χ4v) is 3.22. The Hall–Kier alpha value is -3.15. The summed E-state index contributed by atoms with van der Waals surface area (Å²) in [7, 11) is 1.38. The summed E-state index contributed by atoms with van der Waals surface area (Å²) in [6.45, 7) is 0. The normalized spacial score (nSPS) is 13.2. The third kappa shape index (κ3) is 2.07. The summed E-state index contributed by atoms with van der Waals surface area (Å²) in [5.41, 5.74) is 1.97. The van der Waals surface area contributed by atoms with Crippen LogP contribution in [0, 0.1) is 0 Å². The number of hydrogen-bond donors (Lipinski definition) is 2. The second-order valence-corrected chi connectivity index (χ2v) is 5.90. The highest BCUT2D eigenvalue weighted by Crippen LogP contribution is 2.36. The van der Waals surface area contributed by atoms with Crippen molar-refractivity contribution in [1.82, 2.24) is 9.55 Å². The Morgan fingerprint density at radius 2 is 1.92 bits per heavy atom. The highest BCUT2D eigenvalue weighted by Gasteiger charge is 2.15.